The number of benzene rings is 1. The summed E-state index contributed by atoms with van der Waals surface area (Å²) in [5.74, 6) is 2.81. The molecular weight excluding hydrogens is 330 g/mol. The molecule has 0 fully saturated rings. The molecule has 1 unspecified atom stereocenters. The second-order valence-corrected chi connectivity index (χ2v) is 5.79. The number of ether oxygens (including phenoxy) is 1. The molecule has 0 bridgehead atoms. The topological polar surface area (TPSA) is 34.4 Å². The van der Waals surface area contributed by atoms with E-state index in [-0.39, 0.29) is 6.04 Å². The van der Waals surface area contributed by atoms with Crippen LogP contribution in [0.5, 0.6) is 5.75 Å². The van der Waals surface area contributed by atoms with Crippen LogP contribution in [0.1, 0.15) is 43.4 Å². The van der Waals surface area contributed by atoms with Gasteiger partial charge in [0.1, 0.15) is 17.3 Å². The van der Waals surface area contributed by atoms with Crippen molar-refractivity contribution in [2.45, 2.75) is 32.7 Å². The van der Waals surface area contributed by atoms with Crippen molar-refractivity contribution in [2.24, 2.45) is 0 Å². The van der Waals surface area contributed by atoms with Gasteiger partial charge in [0.05, 0.1) is 17.6 Å². The maximum absolute atomic E-state index is 5.93. The van der Waals surface area contributed by atoms with E-state index in [0.717, 1.165) is 46.7 Å². The van der Waals surface area contributed by atoms with Gasteiger partial charge in [0.25, 0.3) is 0 Å². The Morgan fingerprint density at radius 2 is 2.05 bits per heavy atom. The van der Waals surface area contributed by atoms with Crippen LogP contribution < -0.4 is 10.1 Å². The molecule has 1 N–H and O–H groups in total. The molecule has 0 aliphatic rings. The molecule has 1 aromatic carbocycles. The number of aryl methyl sites for hydroxylation is 1. The van der Waals surface area contributed by atoms with E-state index >= 15 is 0 Å². The zero-order chi connectivity index (χ0) is 15.2. The number of hydrogen-bond acceptors (Lipinski definition) is 3. The highest BCUT2D eigenvalue weighted by atomic mass is 79.9. The molecule has 2 aromatic rings. The molecule has 4 heteroatoms. The predicted molar refractivity (Wildman–Crippen MR) is 88.9 cm³/mol. The molecular formula is C17H22BrNO2. The molecule has 0 aliphatic heterocycles. The Kier molecular flexibility index (Phi) is 5.88. The minimum Gasteiger partial charge on any atom is -0.496 e. The molecule has 0 amide bonds. The van der Waals surface area contributed by atoms with Crippen LogP contribution in [0.15, 0.2) is 39.2 Å². The van der Waals surface area contributed by atoms with E-state index in [1.165, 1.54) is 0 Å². The van der Waals surface area contributed by atoms with Gasteiger partial charge in [-0.1, -0.05) is 19.9 Å². The predicted octanol–water partition coefficient (Wildman–Crippen LogP) is 4.70. The first-order valence-electron chi connectivity index (χ1n) is 7.35. The average molecular weight is 352 g/mol. The Morgan fingerprint density at radius 3 is 2.62 bits per heavy atom. The van der Waals surface area contributed by atoms with Crippen molar-refractivity contribution in [3.63, 3.8) is 0 Å². The summed E-state index contributed by atoms with van der Waals surface area (Å²) in [4.78, 5) is 0. The van der Waals surface area contributed by atoms with Gasteiger partial charge in [-0.2, -0.15) is 0 Å². The van der Waals surface area contributed by atoms with Crippen molar-refractivity contribution in [1.29, 1.82) is 0 Å². The average Bonchev–Trinajstić information content (AvgIpc) is 2.96. The summed E-state index contributed by atoms with van der Waals surface area (Å²) in [6, 6.07) is 10.3. The first kappa shape index (κ1) is 16.1. The Hall–Kier alpha value is -1.26. The van der Waals surface area contributed by atoms with E-state index in [2.05, 4.69) is 59.4 Å². The van der Waals surface area contributed by atoms with Crippen LogP contribution in [-0.4, -0.2) is 13.7 Å². The first-order chi connectivity index (χ1) is 10.2. The van der Waals surface area contributed by atoms with Crippen LogP contribution in [0.25, 0.3) is 0 Å². The van der Waals surface area contributed by atoms with Gasteiger partial charge in [-0.15, -0.1) is 0 Å². The second kappa shape index (κ2) is 7.66. The van der Waals surface area contributed by atoms with Gasteiger partial charge in [0.15, 0.2) is 0 Å². The molecule has 114 valence electrons. The van der Waals surface area contributed by atoms with E-state index in [1.807, 2.05) is 6.07 Å². The maximum atomic E-state index is 5.93. The number of nitrogens with one attached hydrogen (secondary N) is 1. The molecule has 0 saturated carbocycles. The zero-order valence-electron chi connectivity index (χ0n) is 12.8. The maximum Gasteiger partial charge on any atom is 0.133 e. The monoisotopic (exact) mass is 351 g/mol. The molecule has 2 rings (SSSR count). The largest absolute Gasteiger partial charge is 0.496 e. The molecule has 21 heavy (non-hydrogen) atoms. The molecule has 3 nitrogen and oxygen atoms in total. The van der Waals surface area contributed by atoms with Crippen LogP contribution in [0, 0.1) is 0 Å². The van der Waals surface area contributed by atoms with Gasteiger partial charge in [-0.05, 0) is 58.7 Å². The fourth-order valence-corrected chi connectivity index (χ4v) is 2.83. The number of furan rings is 1. The van der Waals surface area contributed by atoms with E-state index in [1.54, 1.807) is 7.11 Å². The van der Waals surface area contributed by atoms with Crippen molar-refractivity contribution in [2.75, 3.05) is 13.7 Å². The third-order valence-corrected chi connectivity index (χ3v) is 4.04. The minimum atomic E-state index is 0.0625. The summed E-state index contributed by atoms with van der Waals surface area (Å²) < 4.78 is 12.2. The summed E-state index contributed by atoms with van der Waals surface area (Å²) in [6.07, 6.45) is 1.99. The third-order valence-electron chi connectivity index (χ3n) is 3.42. The summed E-state index contributed by atoms with van der Waals surface area (Å²) in [5, 5.41) is 3.55. The Balaban J connectivity index is 2.32. The van der Waals surface area contributed by atoms with E-state index in [0.29, 0.717) is 0 Å². The van der Waals surface area contributed by atoms with E-state index in [9.17, 15) is 0 Å². The molecule has 0 saturated heterocycles. The van der Waals surface area contributed by atoms with Crippen LogP contribution >= 0.6 is 15.9 Å². The summed E-state index contributed by atoms with van der Waals surface area (Å²) >= 11 is 3.55. The number of methoxy groups -OCH3 is 1. The highest BCUT2D eigenvalue weighted by Crippen LogP contribution is 2.31. The Bertz CT molecular complexity index is 580. The van der Waals surface area contributed by atoms with Crippen LogP contribution in [0.4, 0.5) is 0 Å². The lowest BCUT2D eigenvalue weighted by Gasteiger charge is -2.18. The SMILES string of the molecule is CCCNC(c1ccc(OC)c(Br)c1)c1ccc(CC)o1. The third kappa shape index (κ3) is 3.89. The Labute approximate surface area is 134 Å². The second-order valence-electron chi connectivity index (χ2n) is 4.94. The molecule has 0 aliphatic carbocycles. The lowest BCUT2D eigenvalue weighted by atomic mass is 10.0. The minimum absolute atomic E-state index is 0.0625. The quantitative estimate of drug-likeness (QED) is 0.784. The zero-order valence-corrected chi connectivity index (χ0v) is 14.4. The number of halogens is 1. The van der Waals surface area contributed by atoms with Crippen molar-refractivity contribution < 1.29 is 9.15 Å². The van der Waals surface area contributed by atoms with Gasteiger partial charge in [0.2, 0.25) is 0 Å². The smallest absolute Gasteiger partial charge is 0.133 e. The van der Waals surface area contributed by atoms with Crippen molar-refractivity contribution in [3.05, 3.63) is 51.9 Å². The molecule has 1 heterocycles. The number of hydrogen-bond donors (Lipinski definition) is 1. The highest BCUT2D eigenvalue weighted by molar-refractivity contribution is 9.10. The van der Waals surface area contributed by atoms with Crippen LogP contribution in [-0.2, 0) is 6.42 Å². The van der Waals surface area contributed by atoms with Gasteiger partial charge in [-0.3, -0.25) is 0 Å². The van der Waals surface area contributed by atoms with Gasteiger partial charge >= 0.3 is 0 Å². The lowest BCUT2D eigenvalue weighted by molar-refractivity contribution is 0.409. The summed E-state index contributed by atoms with van der Waals surface area (Å²) in [5.41, 5.74) is 1.16. The standard InChI is InChI=1S/C17H22BrNO2/c1-4-10-19-17(16-9-7-13(5-2)21-16)12-6-8-15(20-3)14(18)11-12/h6-9,11,17,19H,4-5,10H2,1-3H3. The first-order valence-corrected chi connectivity index (χ1v) is 8.14. The van der Waals surface area contributed by atoms with Gasteiger partial charge < -0.3 is 14.5 Å². The molecule has 0 radical (unpaired) electrons. The summed E-state index contributed by atoms with van der Waals surface area (Å²) in [6.45, 7) is 5.20. The van der Waals surface area contributed by atoms with Crippen molar-refractivity contribution in [3.8, 4) is 5.75 Å². The molecule has 1 atom stereocenters. The van der Waals surface area contributed by atoms with Gasteiger partial charge in [0, 0.05) is 6.42 Å². The summed E-state index contributed by atoms with van der Waals surface area (Å²) in [7, 11) is 1.67. The Morgan fingerprint density at radius 1 is 1.24 bits per heavy atom. The fraction of sp³-hybridized carbons (Fsp3) is 0.412. The van der Waals surface area contributed by atoms with E-state index < -0.39 is 0 Å². The normalized spacial score (nSPS) is 12.4. The molecule has 0 spiro atoms. The fourth-order valence-electron chi connectivity index (χ4n) is 2.27. The van der Waals surface area contributed by atoms with Crippen molar-refractivity contribution in [1.82, 2.24) is 5.32 Å². The van der Waals surface area contributed by atoms with Crippen LogP contribution in [0.3, 0.4) is 0 Å². The highest BCUT2D eigenvalue weighted by Gasteiger charge is 2.18. The van der Waals surface area contributed by atoms with Crippen LogP contribution in [0.2, 0.25) is 0 Å². The van der Waals surface area contributed by atoms with Crippen molar-refractivity contribution >= 4 is 15.9 Å². The lowest BCUT2D eigenvalue weighted by Crippen LogP contribution is -2.22. The molecule has 1 aromatic heterocycles. The van der Waals surface area contributed by atoms with E-state index in [4.69, 9.17) is 9.15 Å². The van der Waals surface area contributed by atoms with Gasteiger partial charge in [-0.25, -0.2) is 0 Å². The number of rotatable bonds is 7.